The molecule has 4 aromatic rings. The second-order valence-electron chi connectivity index (χ2n) is 11.2. The highest BCUT2D eigenvalue weighted by Crippen LogP contribution is 2.29. The van der Waals surface area contributed by atoms with Crippen LogP contribution in [0.3, 0.4) is 0 Å². The lowest BCUT2D eigenvalue weighted by Gasteiger charge is -2.39. The summed E-state index contributed by atoms with van der Waals surface area (Å²) in [4.78, 5) is 2.31. The highest BCUT2D eigenvalue weighted by Gasteiger charge is 2.29. The van der Waals surface area contributed by atoms with Gasteiger partial charge < -0.3 is 33.3 Å². The topological polar surface area (TPSA) is 58.6 Å². The minimum absolute atomic E-state index is 0.0501. The van der Waals surface area contributed by atoms with Gasteiger partial charge >= 0.3 is 0 Å². The Labute approximate surface area is 281 Å². The maximum Gasteiger partial charge on any atom is 0.137 e. The third-order valence-corrected chi connectivity index (χ3v) is 8.38. The number of nitrogens with zero attached hydrogens (tertiary/aromatic N) is 1. The van der Waals surface area contributed by atoms with Crippen molar-refractivity contribution in [1.29, 1.82) is 0 Å². The molecule has 0 radical (unpaired) electrons. The predicted octanol–water partition coefficient (Wildman–Crippen LogP) is 8.38. The zero-order valence-corrected chi connectivity index (χ0v) is 27.8. The van der Waals surface area contributed by atoms with Crippen molar-refractivity contribution in [3.05, 3.63) is 118 Å². The molecule has 0 aromatic heterocycles. The molecule has 9 heteroatoms. The fourth-order valence-electron chi connectivity index (χ4n) is 5.36. The van der Waals surface area contributed by atoms with Gasteiger partial charge in [-0.3, -0.25) is 0 Å². The zero-order valence-electron chi connectivity index (χ0n) is 26.3. The average molecular weight is 667 g/mol. The number of methoxy groups -OCH3 is 2. The number of halogens is 2. The molecule has 4 aromatic carbocycles. The molecular weight excluding hydrogens is 625 g/mol. The summed E-state index contributed by atoms with van der Waals surface area (Å²) < 4.78 is 35.2. The van der Waals surface area contributed by atoms with Crippen molar-refractivity contribution in [2.24, 2.45) is 0 Å². The van der Waals surface area contributed by atoms with Crippen LogP contribution in [0, 0.1) is 0 Å². The summed E-state index contributed by atoms with van der Waals surface area (Å²) in [5.74, 6) is 2.12. The summed E-state index contributed by atoms with van der Waals surface area (Å²) >= 11 is 12.7. The van der Waals surface area contributed by atoms with Gasteiger partial charge in [0.05, 0.1) is 69.5 Å². The monoisotopic (exact) mass is 665 g/mol. The Kier molecular flexibility index (Phi) is 12.9. The van der Waals surface area contributed by atoms with Gasteiger partial charge in [0.25, 0.3) is 0 Å². The summed E-state index contributed by atoms with van der Waals surface area (Å²) in [6, 6.07) is 29.8. The Hall–Kier alpha value is -3.46. The van der Waals surface area contributed by atoms with Gasteiger partial charge in [-0.1, -0.05) is 65.7 Å². The number of hydrogen-bond acceptors (Lipinski definition) is 7. The van der Waals surface area contributed by atoms with Crippen LogP contribution in [0.25, 0.3) is 0 Å². The minimum Gasteiger partial charge on any atom is -0.495 e. The molecule has 0 N–H and O–H groups in total. The van der Waals surface area contributed by atoms with Crippen LogP contribution in [0.1, 0.15) is 29.5 Å². The van der Waals surface area contributed by atoms with Crippen LogP contribution in [0.2, 0.25) is 10.0 Å². The highest BCUT2D eigenvalue weighted by atomic mass is 35.5. The normalized spacial score (nSPS) is 16.3. The first-order valence-electron chi connectivity index (χ1n) is 15.5. The van der Waals surface area contributed by atoms with E-state index in [9.17, 15) is 0 Å². The maximum absolute atomic E-state index is 6.42. The molecule has 1 heterocycles. The second-order valence-corrected chi connectivity index (χ2v) is 12.0. The van der Waals surface area contributed by atoms with E-state index in [0.717, 1.165) is 48.5 Å². The Morgan fingerprint density at radius 2 is 1.24 bits per heavy atom. The van der Waals surface area contributed by atoms with Crippen LogP contribution in [-0.4, -0.2) is 52.7 Å². The standard InChI is InChI=1S/C37H41Cl2NO6/c1-41-36-15-9-28(19-34(36)38)25-45-32-21-33(46-26-29-10-16-37(42-2)35(39)20-29)23-40(22-32)30-11-13-31(14-12-30)44-18-6-17-43-24-27-7-4-3-5-8-27/h3-5,7-16,19-20,32-33H,6,17-18,21-26H2,1-2H3. The number of piperidine rings is 1. The van der Waals surface area contributed by atoms with Crippen LogP contribution in [0.4, 0.5) is 5.69 Å². The zero-order chi connectivity index (χ0) is 32.1. The molecule has 1 saturated heterocycles. The number of ether oxygens (including phenoxy) is 6. The third kappa shape index (κ3) is 10.0. The average Bonchev–Trinajstić information content (AvgIpc) is 3.08. The first kappa shape index (κ1) is 33.9. The van der Waals surface area contributed by atoms with E-state index in [0.29, 0.717) is 54.6 Å². The van der Waals surface area contributed by atoms with Crippen molar-refractivity contribution < 1.29 is 28.4 Å². The molecule has 2 atom stereocenters. The van der Waals surface area contributed by atoms with Crippen LogP contribution >= 0.6 is 23.2 Å². The molecule has 1 aliphatic rings. The molecule has 46 heavy (non-hydrogen) atoms. The van der Waals surface area contributed by atoms with Crippen molar-refractivity contribution in [1.82, 2.24) is 0 Å². The Morgan fingerprint density at radius 1 is 0.652 bits per heavy atom. The Bertz CT molecular complexity index is 1440. The van der Waals surface area contributed by atoms with Crippen molar-refractivity contribution >= 4 is 28.9 Å². The van der Waals surface area contributed by atoms with Gasteiger partial charge in [0.1, 0.15) is 17.2 Å². The lowest BCUT2D eigenvalue weighted by molar-refractivity contribution is -0.0385. The molecule has 0 spiro atoms. The van der Waals surface area contributed by atoms with Crippen molar-refractivity contribution in [3.8, 4) is 17.2 Å². The van der Waals surface area contributed by atoms with E-state index in [2.05, 4.69) is 29.2 Å². The lowest BCUT2D eigenvalue weighted by atomic mass is 10.0. The van der Waals surface area contributed by atoms with E-state index >= 15 is 0 Å². The molecule has 7 nitrogen and oxygen atoms in total. The predicted molar refractivity (Wildman–Crippen MR) is 183 cm³/mol. The van der Waals surface area contributed by atoms with Crippen molar-refractivity contribution in [3.63, 3.8) is 0 Å². The lowest BCUT2D eigenvalue weighted by Crippen LogP contribution is -2.47. The number of anilines is 1. The van der Waals surface area contributed by atoms with Crippen LogP contribution in [-0.2, 0) is 34.0 Å². The van der Waals surface area contributed by atoms with Gasteiger partial charge in [-0.25, -0.2) is 0 Å². The molecule has 1 aliphatic heterocycles. The molecular formula is C37H41Cl2NO6. The van der Waals surface area contributed by atoms with Gasteiger partial charge in [-0.15, -0.1) is 0 Å². The van der Waals surface area contributed by atoms with E-state index in [-0.39, 0.29) is 12.2 Å². The quantitative estimate of drug-likeness (QED) is 0.111. The molecule has 5 rings (SSSR count). The van der Waals surface area contributed by atoms with Crippen molar-refractivity contribution in [2.75, 3.05) is 45.4 Å². The largest absolute Gasteiger partial charge is 0.495 e. The third-order valence-electron chi connectivity index (χ3n) is 7.79. The van der Waals surface area contributed by atoms with E-state index in [4.69, 9.17) is 51.6 Å². The molecule has 1 fully saturated rings. The van der Waals surface area contributed by atoms with E-state index in [1.165, 1.54) is 5.56 Å². The van der Waals surface area contributed by atoms with Gasteiger partial charge in [0, 0.05) is 31.6 Å². The minimum atomic E-state index is -0.0501. The highest BCUT2D eigenvalue weighted by molar-refractivity contribution is 6.32. The van der Waals surface area contributed by atoms with E-state index in [1.54, 1.807) is 14.2 Å². The molecule has 244 valence electrons. The number of rotatable bonds is 16. The van der Waals surface area contributed by atoms with Crippen LogP contribution in [0.15, 0.2) is 91.0 Å². The molecule has 2 unspecified atom stereocenters. The summed E-state index contributed by atoms with van der Waals surface area (Å²) in [7, 11) is 3.21. The SMILES string of the molecule is COc1ccc(COC2CC(OCc3ccc(OC)c(Cl)c3)CN(c3ccc(OCCCOCc4ccccc4)cc3)C2)cc1Cl. The number of benzene rings is 4. The summed E-state index contributed by atoms with van der Waals surface area (Å²) in [5, 5.41) is 1.13. The van der Waals surface area contributed by atoms with Crippen molar-refractivity contribution in [2.45, 2.75) is 44.9 Å². The summed E-state index contributed by atoms with van der Waals surface area (Å²) in [6.45, 7) is 4.19. The summed E-state index contributed by atoms with van der Waals surface area (Å²) in [5.41, 5.74) is 4.23. The fourth-order valence-corrected chi connectivity index (χ4v) is 5.92. The Balaban J connectivity index is 1.16. The first-order chi connectivity index (χ1) is 22.5. The molecule has 0 saturated carbocycles. The molecule has 0 bridgehead atoms. The fraction of sp³-hybridized carbons (Fsp3) is 0.351. The number of hydrogen-bond donors (Lipinski definition) is 0. The summed E-state index contributed by atoms with van der Waals surface area (Å²) in [6.07, 6.45) is 1.48. The van der Waals surface area contributed by atoms with Crippen LogP contribution in [0.5, 0.6) is 17.2 Å². The smallest absolute Gasteiger partial charge is 0.137 e. The van der Waals surface area contributed by atoms with Gasteiger partial charge in [0.2, 0.25) is 0 Å². The maximum atomic E-state index is 6.42. The molecule has 0 aliphatic carbocycles. The van der Waals surface area contributed by atoms with Gasteiger partial charge in [-0.05, 0) is 65.2 Å². The van der Waals surface area contributed by atoms with E-state index in [1.807, 2.05) is 66.7 Å². The second kappa shape index (κ2) is 17.5. The van der Waals surface area contributed by atoms with Gasteiger partial charge in [0.15, 0.2) is 0 Å². The van der Waals surface area contributed by atoms with E-state index < -0.39 is 0 Å². The first-order valence-corrected chi connectivity index (χ1v) is 16.2. The van der Waals surface area contributed by atoms with Crippen LogP contribution < -0.4 is 19.1 Å². The Morgan fingerprint density at radius 3 is 1.78 bits per heavy atom. The van der Waals surface area contributed by atoms with Gasteiger partial charge in [-0.2, -0.15) is 0 Å². The molecule has 0 amide bonds.